The molecular weight excluding hydrogens is 241 g/mol. The molecule has 0 aromatic carbocycles. The van der Waals surface area contributed by atoms with Crippen LogP contribution < -0.4 is 4.90 Å². The maximum absolute atomic E-state index is 13.7. The molecule has 6 nitrogen and oxygen atoms in total. The van der Waals surface area contributed by atoms with Gasteiger partial charge in [0.15, 0.2) is 11.6 Å². The Balaban J connectivity index is 2.12. The highest BCUT2D eigenvalue weighted by Gasteiger charge is 2.23. The van der Waals surface area contributed by atoms with Crippen molar-refractivity contribution in [1.29, 1.82) is 0 Å². The van der Waals surface area contributed by atoms with E-state index in [-0.39, 0.29) is 17.6 Å². The third-order valence-electron chi connectivity index (χ3n) is 3.09. The summed E-state index contributed by atoms with van der Waals surface area (Å²) in [4.78, 5) is 15.5. The van der Waals surface area contributed by atoms with Gasteiger partial charge in [-0.3, -0.25) is 10.1 Å². The van der Waals surface area contributed by atoms with Gasteiger partial charge in [-0.1, -0.05) is 0 Å². The quantitative estimate of drug-likeness (QED) is 0.608. The Morgan fingerprint density at radius 2 is 2.22 bits per heavy atom. The lowest BCUT2D eigenvalue weighted by Crippen LogP contribution is -2.37. The van der Waals surface area contributed by atoms with Crippen molar-refractivity contribution in [3.63, 3.8) is 0 Å². The first-order valence-electron chi connectivity index (χ1n) is 5.69. The largest absolute Gasteiger partial charge is 0.381 e. The van der Waals surface area contributed by atoms with E-state index in [0.29, 0.717) is 13.1 Å². The third kappa shape index (κ3) is 2.56. The molecule has 18 heavy (non-hydrogen) atoms. The van der Waals surface area contributed by atoms with Gasteiger partial charge in [-0.2, -0.15) is 0 Å². The number of halogens is 1. The van der Waals surface area contributed by atoms with Crippen molar-refractivity contribution in [2.45, 2.75) is 18.9 Å². The first kappa shape index (κ1) is 12.7. The Kier molecular flexibility index (Phi) is 3.71. The summed E-state index contributed by atoms with van der Waals surface area (Å²) in [6, 6.07) is 0.907. The lowest BCUT2D eigenvalue weighted by atomic mass is 10.1. The van der Waals surface area contributed by atoms with Gasteiger partial charge >= 0.3 is 0 Å². The summed E-state index contributed by atoms with van der Waals surface area (Å²) in [6.45, 7) is 1.28. The average molecular weight is 255 g/mol. The van der Waals surface area contributed by atoms with E-state index in [1.165, 1.54) is 0 Å². The lowest BCUT2D eigenvalue weighted by molar-refractivity contribution is -0.385. The molecule has 0 N–H and O–H groups in total. The molecule has 1 aliphatic rings. The number of anilines is 1. The molecule has 0 atom stereocenters. The second-order valence-corrected chi connectivity index (χ2v) is 4.18. The molecule has 1 aromatic heterocycles. The van der Waals surface area contributed by atoms with E-state index in [1.54, 1.807) is 12.0 Å². The Morgan fingerprint density at radius 3 is 2.72 bits per heavy atom. The number of pyridine rings is 1. The lowest BCUT2D eigenvalue weighted by Gasteiger charge is -2.32. The van der Waals surface area contributed by atoms with Crippen molar-refractivity contribution in [2.24, 2.45) is 0 Å². The summed E-state index contributed by atoms with van der Waals surface area (Å²) >= 11 is 0. The van der Waals surface area contributed by atoms with Crippen molar-refractivity contribution >= 4 is 11.5 Å². The van der Waals surface area contributed by atoms with Crippen LogP contribution in [0.4, 0.5) is 15.9 Å². The summed E-state index contributed by atoms with van der Waals surface area (Å²) in [5.41, 5.74) is -0.331. The van der Waals surface area contributed by atoms with Crippen molar-refractivity contribution in [2.75, 3.05) is 25.1 Å². The first-order valence-corrected chi connectivity index (χ1v) is 5.69. The minimum atomic E-state index is -0.656. The summed E-state index contributed by atoms with van der Waals surface area (Å²) in [5.74, 6) is -0.477. The predicted octanol–water partition coefficient (Wildman–Crippen LogP) is 1.74. The van der Waals surface area contributed by atoms with Crippen LogP contribution in [0.25, 0.3) is 0 Å². The second kappa shape index (κ2) is 5.26. The van der Waals surface area contributed by atoms with Crippen LogP contribution in [0.2, 0.25) is 0 Å². The van der Waals surface area contributed by atoms with Gasteiger partial charge in [0.2, 0.25) is 0 Å². The first-order chi connectivity index (χ1) is 8.61. The molecule has 0 radical (unpaired) electrons. The topological polar surface area (TPSA) is 68.5 Å². The van der Waals surface area contributed by atoms with Crippen LogP contribution in [0, 0.1) is 15.9 Å². The zero-order valence-electron chi connectivity index (χ0n) is 10.0. The monoisotopic (exact) mass is 255 g/mol. The van der Waals surface area contributed by atoms with Crippen LogP contribution in [0.1, 0.15) is 12.8 Å². The molecule has 0 unspecified atom stereocenters. The van der Waals surface area contributed by atoms with Gasteiger partial charge in [-0.25, -0.2) is 9.37 Å². The Labute approximate surface area is 104 Å². The van der Waals surface area contributed by atoms with E-state index >= 15 is 0 Å². The molecule has 2 rings (SSSR count). The Bertz CT molecular complexity index is 447. The van der Waals surface area contributed by atoms with E-state index in [2.05, 4.69) is 4.98 Å². The fourth-order valence-electron chi connectivity index (χ4n) is 2.06. The molecule has 1 aliphatic heterocycles. The Hall–Kier alpha value is -1.76. The molecule has 1 saturated heterocycles. The molecule has 0 aliphatic carbocycles. The second-order valence-electron chi connectivity index (χ2n) is 4.18. The van der Waals surface area contributed by atoms with E-state index < -0.39 is 10.7 Å². The number of aromatic nitrogens is 1. The molecular formula is C11H14FN3O3. The molecule has 7 heteroatoms. The smallest absolute Gasteiger partial charge is 0.290 e. The number of hydrogen-bond acceptors (Lipinski definition) is 5. The number of rotatable bonds is 3. The fraction of sp³-hybridized carbons (Fsp3) is 0.545. The normalized spacial score (nSPS) is 16.9. The average Bonchev–Trinajstić information content (AvgIpc) is 2.38. The van der Waals surface area contributed by atoms with E-state index in [9.17, 15) is 14.5 Å². The van der Waals surface area contributed by atoms with Gasteiger partial charge in [0.05, 0.1) is 17.1 Å². The van der Waals surface area contributed by atoms with Crippen LogP contribution in [0.5, 0.6) is 0 Å². The molecule has 1 fully saturated rings. The highest BCUT2D eigenvalue weighted by molar-refractivity contribution is 5.45. The Morgan fingerprint density at radius 1 is 1.56 bits per heavy atom. The highest BCUT2D eigenvalue weighted by atomic mass is 19.1. The van der Waals surface area contributed by atoms with Crippen LogP contribution in [-0.4, -0.2) is 36.2 Å². The number of methoxy groups -OCH3 is 1. The van der Waals surface area contributed by atoms with Gasteiger partial charge in [0, 0.05) is 20.2 Å². The summed E-state index contributed by atoms with van der Waals surface area (Å²) in [7, 11) is 1.66. The molecule has 98 valence electrons. The van der Waals surface area contributed by atoms with Crippen molar-refractivity contribution in [3.8, 4) is 0 Å². The minimum absolute atomic E-state index is 0.176. The summed E-state index contributed by atoms with van der Waals surface area (Å²) in [6.07, 6.45) is 2.88. The van der Waals surface area contributed by atoms with Gasteiger partial charge in [0.25, 0.3) is 5.69 Å². The molecule has 0 saturated carbocycles. The standard InChI is InChI=1S/C11H14FN3O3/c1-18-9-2-4-14(5-3-9)11-10(12)6-8(7-13-11)15(16)17/h6-7,9H,2-5H2,1H3. The summed E-state index contributed by atoms with van der Waals surface area (Å²) in [5, 5.41) is 10.5. The zero-order valence-corrected chi connectivity index (χ0v) is 10.0. The minimum Gasteiger partial charge on any atom is -0.381 e. The van der Waals surface area contributed by atoms with Crippen molar-refractivity contribution in [1.82, 2.24) is 4.98 Å². The van der Waals surface area contributed by atoms with Crippen LogP contribution >= 0.6 is 0 Å². The van der Waals surface area contributed by atoms with Crippen LogP contribution in [-0.2, 0) is 4.74 Å². The molecule has 0 spiro atoms. The highest BCUT2D eigenvalue weighted by Crippen LogP contribution is 2.24. The maximum atomic E-state index is 13.7. The maximum Gasteiger partial charge on any atom is 0.290 e. The predicted molar refractivity (Wildman–Crippen MR) is 63.1 cm³/mol. The molecule has 0 bridgehead atoms. The number of hydrogen-bond donors (Lipinski definition) is 0. The number of piperidine rings is 1. The van der Waals surface area contributed by atoms with Gasteiger partial charge in [-0.05, 0) is 12.8 Å². The summed E-state index contributed by atoms with van der Waals surface area (Å²) < 4.78 is 19.0. The van der Waals surface area contributed by atoms with E-state index in [0.717, 1.165) is 25.1 Å². The van der Waals surface area contributed by atoms with E-state index in [1.807, 2.05) is 0 Å². The number of nitrogens with zero attached hydrogens (tertiary/aromatic N) is 3. The van der Waals surface area contributed by atoms with Gasteiger partial charge < -0.3 is 9.64 Å². The number of nitro groups is 1. The fourth-order valence-corrected chi connectivity index (χ4v) is 2.06. The zero-order chi connectivity index (χ0) is 13.1. The third-order valence-corrected chi connectivity index (χ3v) is 3.09. The van der Waals surface area contributed by atoms with Crippen molar-refractivity contribution in [3.05, 3.63) is 28.2 Å². The van der Waals surface area contributed by atoms with Gasteiger partial charge in [-0.15, -0.1) is 0 Å². The molecule has 2 heterocycles. The van der Waals surface area contributed by atoms with Gasteiger partial charge in [0.1, 0.15) is 6.20 Å². The molecule has 1 aromatic rings. The molecule has 0 amide bonds. The van der Waals surface area contributed by atoms with Crippen LogP contribution in [0.15, 0.2) is 12.3 Å². The van der Waals surface area contributed by atoms with Crippen LogP contribution in [0.3, 0.4) is 0 Å². The SMILES string of the molecule is COC1CCN(c2ncc([N+](=O)[O-])cc2F)CC1. The van der Waals surface area contributed by atoms with E-state index in [4.69, 9.17) is 4.74 Å². The number of ether oxygens (including phenoxy) is 1. The van der Waals surface area contributed by atoms with Crippen molar-refractivity contribution < 1.29 is 14.1 Å².